The number of nitrogens with zero attached hydrogens (tertiary/aromatic N) is 3. The molecule has 0 fully saturated rings. The van der Waals surface area contributed by atoms with Gasteiger partial charge in [-0.2, -0.15) is 5.10 Å². The monoisotopic (exact) mass is 394 g/mol. The molecule has 2 aromatic carbocycles. The predicted octanol–water partition coefficient (Wildman–Crippen LogP) is 3.69. The minimum Gasteiger partial charge on any atom is -0.495 e. The highest BCUT2D eigenvalue weighted by Crippen LogP contribution is 2.29. The molecule has 29 heavy (non-hydrogen) atoms. The maximum absolute atomic E-state index is 13.1. The van der Waals surface area contributed by atoms with E-state index in [1.165, 1.54) is 16.8 Å². The van der Waals surface area contributed by atoms with Crippen LogP contribution in [-0.2, 0) is 11.9 Å². The maximum Gasteiger partial charge on any atom is 0.274 e. The molecule has 4 rings (SSSR count). The molecule has 1 aliphatic heterocycles. The summed E-state index contributed by atoms with van der Waals surface area (Å²) in [7, 11) is 3.23. The number of carbonyl (C=O) groups excluding carboxylic acids is 1. The number of hydrogen-bond acceptors (Lipinski definition) is 5. The lowest BCUT2D eigenvalue weighted by molar-refractivity contribution is 0.0857. The van der Waals surface area contributed by atoms with E-state index in [4.69, 9.17) is 9.57 Å². The van der Waals surface area contributed by atoms with Crippen molar-refractivity contribution in [1.82, 2.24) is 9.78 Å². The number of carbonyl (C=O) groups is 1. The zero-order valence-electron chi connectivity index (χ0n) is 15.9. The second-order valence-electron chi connectivity index (χ2n) is 6.58. The lowest BCUT2D eigenvalue weighted by Crippen LogP contribution is -2.16. The number of nitrogens with one attached hydrogen (secondary N) is 1. The molecular weight excluding hydrogens is 375 g/mol. The van der Waals surface area contributed by atoms with Gasteiger partial charge in [-0.3, -0.25) is 9.48 Å². The molecule has 0 bridgehead atoms. The van der Waals surface area contributed by atoms with Crippen LogP contribution in [0.1, 0.15) is 34.3 Å². The van der Waals surface area contributed by atoms with Crippen molar-refractivity contribution in [3.63, 3.8) is 0 Å². The zero-order valence-corrected chi connectivity index (χ0v) is 15.9. The van der Waals surface area contributed by atoms with Crippen molar-refractivity contribution in [3.05, 3.63) is 77.4 Å². The number of rotatable bonds is 5. The number of halogens is 1. The SMILES string of the molecule is COc1ccccc1NC(=O)c1cc(C2=NOC(c3ccc(F)cc3)C2)nn1C. The number of oxime groups is 1. The summed E-state index contributed by atoms with van der Waals surface area (Å²) in [6.45, 7) is 0. The third-order valence-electron chi connectivity index (χ3n) is 4.67. The molecule has 2 heterocycles. The fraction of sp³-hybridized carbons (Fsp3) is 0.190. The molecule has 3 aromatic rings. The van der Waals surface area contributed by atoms with E-state index < -0.39 is 0 Å². The maximum atomic E-state index is 13.1. The van der Waals surface area contributed by atoms with Crippen LogP contribution in [0, 0.1) is 5.82 Å². The quantitative estimate of drug-likeness (QED) is 0.716. The summed E-state index contributed by atoms with van der Waals surface area (Å²) in [5.74, 6) is -0.0485. The first kappa shape index (κ1) is 18.7. The van der Waals surface area contributed by atoms with Crippen LogP contribution < -0.4 is 10.1 Å². The Hall–Kier alpha value is -3.68. The molecule has 0 aliphatic carbocycles. The van der Waals surface area contributed by atoms with Crippen LogP contribution >= 0.6 is 0 Å². The van der Waals surface area contributed by atoms with Gasteiger partial charge in [0.1, 0.15) is 28.7 Å². The summed E-state index contributed by atoms with van der Waals surface area (Å²) in [5.41, 5.74) is 2.96. The van der Waals surface area contributed by atoms with Gasteiger partial charge >= 0.3 is 0 Å². The first-order chi connectivity index (χ1) is 14.0. The number of ether oxygens (including phenoxy) is 1. The highest BCUT2D eigenvalue weighted by Gasteiger charge is 2.27. The standard InChI is InChI=1S/C21H19FN4O3/c1-26-18(21(27)23-15-5-3-4-6-19(15)28-2)11-16(24-26)17-12-20(29-25-17)13-7-9-14(22)10-8-13/h3-11,20H,12H2,1-2H3,(H,23,27). The second kappa shape index (κ2) is 7.75. The van der Waals surface area contributed by atoms with Crippen LogP contribution in [0.5, 0.6) is 5.75 Å². The first-order valence-corrected chi connectivity index (χ1v) is 9.02. The Balaban J connectivity index is 1.49. The van der Waals surface area contributed by atoms with Gasteiger partial charge in [0.2, 0.25) is 0 Å². The number of anilines is 1. The molecule has 1 aliphatic rings. The van der Waals surface area contributed by atoms with Gasteiger partial charge in [0, 0.05) is 13.5 Å². The van der Waals surface area contributed by atoms with Gasteiger partial charge in [-0.25, -0.2) is 4.39 Å². The summed E-state index contributed by atoms with van der Waals surface area (Å²) < 4.78 is 19.9. The van der Waals surface area contributed by atoms with Crippen molar-refractivity contribution < 1.29 is 18.8 Å². The second-order valence-corrected chi connectivity index (χ2v) is 6.58. The van der Waals surface area contributed by atoms with Gasteiger partial charge in [0.25, 0.3) is 5.91 Å². The Bertz CT molecular complexity index is 1080. The third-order valence-corrected chi connectivity index (χ3v) is 4.67. The van der Waals surface area contributed by atoms with Crippen molar-refractivity contribution in [2.45, 2.75) is 12.5 Å². The smallest absolute Gasteiger partial charge is 0.274 e. The summed E-state index contributed by atoms with van der Waals surface area (Å²) >= 11 is 0. The number of para-hydroxylation sites is 2. The average Bonchev–Trinajstić information content (AvgIpc) is 3.36. The minimum atomic E-state index is -0.314. The molecule has 8 heteroatoms. The van der Waals surface area contributed by atoms with Crippen molar-refractivity contribution in [2.24, 2.45) is 12.2 Å². The van der Waals surface area contributed by atoms with Crippen LogP contribution in [0.15, 0.2) is 59.8 Å². The number of aromatic nitrogens is 2. The Morgan fingerprint density at radius 1 is 1.24 bits per heavy atom. The van der Waals surface area contributed by atoms with E-state index in [0.29, 0.717) is 35.0 Å². The fourth-order valence-electron chi connectivity index (χ4n) is 3.14. The van der Waals surface area contributed by atoms with Crippen molar-refractivity contribution in [3.8, 4) is 5.75 Å². The molecule has 1 atom stereocenters. The van der Waals surface area contributed by atoms with Gasteiger partial charge in [0.05, 0.1) is 12.8 Å². The molecule has 1 amide bonds. The van der Waals surface area contributed by atoms with Crippen LogP contribution in [0.4, 0.5) is 10.1 Å². The lowest BCUT2D eigenvalue weighted by atomic mass is 10.0. The number of aryl methyl sites for hydroxylation is 1. The van der Waals surface area contributed by atoms with Crippen LogP contribution in [-0.4, -0.2) is 28.5 Å². The molecule has 7 nitrogen and oxygen atoms in total. The summed E-state index contributed by atoms with van der Waals surface area (Å²) in [4.78, 5) is 18.2. The molecule has 1 aromatic heterocycles. The molecule has 148 valence electrons. The molecular formula is C21H19FN4O3. The summed E-state index contributed by atoms with van der Waals surface area (Å²) in [6.07, 6.45) is 0.175. The van der Waals surface area contributed by atoms with E-state index in [-0.39, 0.29) is 17.8 Å². The molecule has 0 spiro atoms. The Morgan fingerprint density at radius 3 is 2.76 bits per heavy atom. The highest BCUT2D eigenvalue weighted by atomic mass is 19.1. The first-order valence-electron chi connectivity index (χ1n) is 9.02. The molecule has 0 saturated carbocycles. The van der Waals surface area contributed by atoms with Crippen LogP contribution in [0.3, 0.4) is 0 Å². The number of amides is 1. The zero-order chi connectivity index (χ0) is 20.4. The molecule has 1 N–H and O–H groups in total. The third kappa shape index (κ3) is 3.82. The van der Waals surface area contributed by atoms with Crippen molar-refractivity contribution in [1.29, 1.82) is 0 Å². The summed E-state index contributed by atoms with van der Waals surface area (Å²) in [5, 5.41) is 11.3. The van der Waals surface area contributed by atoms with Crippen molar-refractivity contribution in [2.75, 3.05) is 12.4 Å². The van der Waals surface area contributed by atoms with E-state index in [9.17, 15) is 9.18 Å². The van der Waals surface area contributed by atoms with Crippen molar-refractivity contribution >= 4 is 17.3 Å². The Kier molecular flexibility index (Phi) is 4.99. The van der Waals surface area contributed by atoms with E-state index in [2.05, 4.69) is 15.6 Å². The largest absolute Gasteiger partial charge is 0.495 e. The predicted molar refractivity (Wildman–Crippen MR) is 106 cm³/mol. The minimum absolute atomic E-state index is 0.302. The average molecular weight is 394 g/mol. The van der Waals surface area contributed by atoms with E-state index in [1.807, 2.05) is 12.1 Å². The van der Waals surface area contributed by atoms with Gasteiger partial charge in [-0.1, -0.05) is 29.4 Å². The van der Waals surface area contributed by atoms with Crippen LogP contribution in [0.25, 0.3) is 0 Å². The number of hydrogen-bond donors (Lipinski definition) is 1. The summed E-state index contributed by atoms with van der Waals surface area (Å²) in [6, 6.07) is 14.9. The van der Waals surface area contributed by atoms with Gasteiger partial charge < -0.3 is 14.9 Å². The van der Waals surface area contributed by atoms with E-state index >= 15 is 0 Å². The molecule has 1 unspecified atom stereocenters. The van der Waals surface area contributed by atoms with Crippen LogP contribution in [0.2, 0.25) is 0 Å². The van der Waals surface area contributed by atoms with Gasteiger partial charge in [-0.15, -0.1) is 0 Å². The Morgan fingerprint density at radius 2 is 2.00 bits per heavy atom. The molecule has 0 saturated heterocycles. The van der Waals surface area contributed by atoms with Gasteiger partial charge in [0.15, 0.2) is 6.10 Å². The normalized spacial score (nSPS) is 15.6. The molecule has 0 radical (unpaired) electrons. The van der Waals surface area contributed by atoms with E-state index in [1.54, 1.807) is 44.5 Å². The fourth-order valence-corrected chi connectivity index (χ4v) is 3.14. The topological polar surface area (TPSA) is 77.7 Å². The number of benzene rings is 2. The number of methoxy groups -OCH3 is 1. The lowest BCUT2D eigenvalue weighted by Gasteiger charge is -2.09. The van der Waals surface area contributed by atoms with Gasteiger partial charge in [-0.05, 0) is 35.9 Å². The Labute approximate surface area is 166 Å². The van der Waals surface area contributed by atoms with E-state index in [0.717, 1.165) is 5.56 Å². The highest BCUT2D eigenvalue weighted by molar-refractivity contribution is 6.06.